The van der Waals surface area contributed by atoms with E-state index in [0.29, 0.717) is 0 Å². The predicted molar refractivity (Wildman–Crippen MR) is 76.9 cm³/mol. The molecule has 1 unspecified atom stereocenters. The van der Waals surface area contributed by atoms with E-state index in [4.69, 9.17) is 0 Å². The van der Waals surface area contributed by atoms with Crippen molar-refractivity contribution < 1.29 is 0 Å². The predicted octanol–water partition coefficient (Wildman–Crippen LogP) is 0.967. The summed E-state index contributed by atoms with van der Waals surface area (Å²) in [6.07, 6.45) is 1.39. The lowest BCUT2D eigenvalue weighted by Gasteiger charge is -2.28. The molecule has 1 N–H and O–H groups in total. The van der Waals surface area contributed by atoms with Crippen LogP contribution in [0.4, 0.5) is 0 Å². The molecule has 0 aromatic heterocycles. The van der Waals surface area contributed by atoms with Gasteiger partial charge in [-0.25, -0.2) is 0 Å². The fourth-order valence-electron chi connectivity index (χ4n) is 2.74. The second-order valence-corrected chi connectivity index (χ2v) is 6.44. The quantitative estimate of drug-likeness (QED) is 0.764. The Morgan fingerprint density at radius 1 is 1.12 bits per heavy atom. The molecule has 0 bridgehead atoms. The van der Waals surface area contributed by atoms with Crippen molar-refractivity contribution in [3.05, 3.63) is 0 Å². The molecule has 1 atom stereocenters. The lowest BCUT2D eigenvalue weighted by molar-refractivity contribution is 0.235. The molecule has 0 radical (unpaired) electrons. The van der Waals surface area contributed by atoms with E-state index in [1.165, 1.54) is 63.7 Å². The minimum Gasteiger partial charge on any atom is -0.317 e. The van der Waals surface area contributed by atoms with Gasteiger partial charge in [-0.2, -0.15) is 11.8 Å². The zero-order valence-corrected chi connectivity index (χ0v) is 12.0. The fraction of sp³-hybridized carbons (Fsp3) is 1.00. The van der Waals surface area contributed by atoms with Crippen LogP contribution in [0.2, 0.25) is 0 Å². The van der Waals surface area contributed by atoms with Gasteiger partial charge < -0.3 is 15.1 Å². The van der Waals surface area contributed by atoms with E-state index in [2.05, 4.69) is 33.8 Å². The Morgan fingerprint density at radius 3 is 2.65 bits per heavy atom. The van der Waals surface area contributed by atoms with Gasteiger partial charge >= 0.3 is 0 Å². The molecular formula is C13H27N3S. The van der Waals surface area contributed by atoms with Crippen molar-refractivity contribution in [3.63, 3.8) is 0 Å². The minimum absolute atomic E-state index is 0.895. The van der Waals surface area contributed by atoms with Crippen molar-refractivity contribution in [2.24, 2.45) is 5.92 Å². The molecule has 4 heteroatoms. The van der Waals surface area contributed by atoms with Crippen molar-refractivity contribution in [2.45, 2.75) is 13.3 Å². The summed E-state index contributed by atoms with van der Waals surface area (Å²) in [5, 5.41) is 3.48. The first-order valence-electron chi connectivity index (χ1n) is 7.11. The van der Waals surface area contributed by atoms with Gasteiger partial charge in [0.25, 0.3) is 0 Å². The van der Waals surface area contributed by atoms with E-state index in [9.17, 15) is 0 Å². The van der Waals surface area contributed by atoms with Gasteiger partial charge in [0, 0.05) is 44.2 Å². The summed E-state index contributed by atoms with van der Waals surface area (Å²) < 4.78 is 0. The molecule has 2 fully saturated rings. The zero-order chi connectivity index (χ0) is 11.9. The third-order valence-electron chi connectivity index (χ3n) is 3.89. The van der Waals surface area contributed by atoms with Crippen LogP contribution in [0.1, 0.15) is 13.3 Å². The number of thioether (sulfide) groups is 1. The number of hydrogen-bond donors (Lipinski definition) is 1. The van der Waals surface area contributed by atoms with Crippen LogP contribution in [0.3, 0.4) is 0 Å². The van der Waals surface area contributed by atoms with Gasteiger partial charge in [0.15, 0.2) is 0 Å². The highest BCUT2D eigenvalue weighted by Crippen LogP contribution is 2.15. The molecule has 100 valence electrons. The first-order valence-corrected chi connectivity index (χ1v) is 8.27. The topological polar surface area (TPSA) is 18.5 Å². The number of likely N-dealkylation sites (tertiary alicyclic amines) is 1. The Labute approximate surface area is 110 Å². The van der Waals surface area contributed by atoms with Gasteiger partial charge in [-0.1, -0.05) is 6.92 Å². The van der Waals surface area contributed by atoms with E-state index in [1.807, 2.05) is 0 Å². The molecule has 2 heterocycles. The molecule has 0 aromatic carbocycles. The first kappa shape index (κ1) is 13.7. The van der Waals surface area contributed by atoms with Gasteiger partial charge in [-0.05, 0) is 32.0 Å². The molecule has 0 spiro atoms. The highest BCUT2D eigenvalue weighted by atomic mass is 32.2. The molecule has 17 heavy (non-hydrogen) atoms. The Bertz CT molecular complexity index is 207. The van der Waals surface area contributed by atoms with Gasteiger partial charge in [-0.3, -0.25) is 0 Å². The molecule has 2 aliphatic heterocycles. The molecule has 0 aromatic rings. The smallest absolute Gasteiger partial charge is 0.0110 e. The van der Waals surface area contributed by atoms with Crippen LogP contribution in [0.15, 0.2) is 0 Å². The van der Waals surface area contributed by atoms with Crippen LogP contribution >= 0.6 is 11.8 Å². The van der Waals surface area contributed by atoms with Crippen LogP contribution in [-0.4, -0.2) is 73.7 Å². The molecule has 3 nitrogen and oxygen atoms in total. The summed E-state index contributed by atoms with van der Waals surface area (Å²) in [5.41, 5.74) is 0. The summed E-state index contributed by atoms with van der Waals surface area (Å²) in [6.45, 7) is 12.3. The van der Waals surface area contributed by atoms with E-state index in [-0.39, 0.29) is 0 Å². The third-order valence-corrected chi connectivity index (χ3v) is 4.83. The molecule has 2 rings (SSSR count). The third kappa shape index (κ3) is 4.78. The number of rotatable bonds is 6. The minimum atomic E-state index is 0.895. The Balaban J connectivity index is 1.57. The Hall–Kier alpha value is 0.230. The summed E-state index contributed by atoms with van der Waals surface area (Å²) >= 11 is 2.10. The maximum atomic E-state index is 3.48. The maximum Gasteiger partial charge on any atom is 0.0110 e. The van der Waals surface area contributed by atoms with Crippen LogP contribution in [0, 0.1) is 5.92 Å². The Morgan fingerprint density at radius 2 is 1.88 bits per heavy atom. The van der Waals surface area contributed by atoms with Gasteiger partial charge in [0.2, 0.25) is 0 Å². The largest absolute Gasteiger partial charge is 0.317 e. The summed E-state index contributed by atoms with van der Waals surface area (Å²) in [5.74, 6) is 3.57. The number of hydrogen-bond acceptors (Lipinski definition) is 4. The molecule has 0 saturated carbocycles. The standard InChI is InChI=1S/C13H27N3S/c1-2-14-11-13-3-4-16(12-13)6-5-15-7-9-17-10-8-15/h13-14H,2-12H2,1H3. The van der Waals surface area contributed by atoms with Crippen LogP contribution in [-0.2, 0) is 0 Å². The van der Waals surface area contributed by atoms with Crippen LogP contribution in [0.5, 0.6) is 0 Å². The van der Waals surface area contributed by atoms with Crippen molar-refractivity contribution in [1.82, 2.24) is 15.1 Å². The van der Waals surface area contributed by atoms with Crippen molar-refractivity contribution >= 4 is 11.8 Å². The summed E-state index contributed by atoms with van der Waals surface area (Å²) in [4.78, 5) is 5.29. The zero-order valence-electron chi connectivity index (χ0n) is 11.2. The highest BCUT2D eigenvalue weighted by Gasteiger charge is 2.22. The van der Waals surface area contributed by atoms with Gasteiger partial charge in [0.05, 0.1) is 0 Å². The lowest BCUT2D eigenvalue weighted by atomic mass is 10.1. The van der Waals surface area contributed by atoms with Crippen LogP contribution < -0.4 is 5.32 Å². The monoisotopic (exact) mass is 257 g/mol. The molecule has 2 aliphatic rings. The van der Waals surface area contributed by atoms with E-state index >= 15 is 0 Å². The van der Waals surface area contributed by atoms with Crippen molar-refractivity contribution in [2.75, 3.05) is 63.9 Å². The average molecular weight is 257 g/mol. The highest BCUT2D eigenvalue weighted by molar-refractivity contribution is 7.99. The average Bonchev–Trinajstić information content (AvgIpc) is 2.83. The maximum absolute atomic E-state index is 3.48. The Kier molecular flexibility index (Phi) is 6.12. The number of nitrogens with zero attached hydrogens (tertiary/aromatic N) is 2. The van der Waals surface area contributed by atoms with Crippen molar-refractivity contribution in [1.29, 1.82) is 0 Å². The van der Waals surface area contributed by atoms with Gasteiger partial charge in [-0.15, -0.1) is 0 Å². The second-order valence-electron chi connectivity index (χ2n) is 5.22. The van der Waals surface area contributed by atoms with E-state index < -0.39 is 0 Å². The second kappa shape index (κ2) is 7.62. The first-order chi connectivity index (χ1) is 8.38. The number of nitrogens with one attached hydrogen (secondary N) is 1. The lowest BCUT2D eigenvalue weighted by Crippen LogP contribution is -2.39. The van der Waals surface area contributed by atoms with Gasteiger partial charge in [0.1, 0.15) is 0 Å². The fourth-order valence-corrected chi connectivity index (χ4v) is 3.72. The molecule has 0 amide bonds. The molecule has 2 saturated heterocycles. The SMILES string of the molecule is CCNCC1CCN(CCN2CCSCC2)C1. The summed E-state index contributed by atoms with van der Waals surface area (Å²) in [6, 6.07) is 0. The molecule has 0 aliphatic carbocycles. The van der Waals surface area contributed by atoms with Crippen LogP contribution in [0.25, 0.3) is 0 Å². The normalized spacial score (nSPS) is 27.7. The van der Waals surface area contributed by atoms with Crippen molar-refractivity contribution in [3.8, 4) is 0 Å². The van der Waals surface area contributed by atoms with E-state index in [0.717, 1.165) is 12.5 Å². The molecular weight excluding hydrogens is 230 g/mol. The summed E-state index contributed by atoms with van der Waals surface area (Å²) in [7, 11) is 0. The van der Waals surface area contributed by atoms with E-state index in [1.54, 1.807) is 0 Å².